The number of hydrogen-bond donors (Lipinski definition) is 1. The highest BCUT2D eigenvalue weighted by atomic mass is 32.2. The summed E-state index contributed by atoms with van der Waals surface area (Å²) in [5.41, 5.74) is 0. The van der Waals surface area contributed by atoms with Gasteiger partial charge in [-0.3, -0.25) is 0 Å². The van der Waals surface area contributed by atoms with Gasteiger partial charge in [0, 0.05) is 6.54 Å². The molecule has 3 nitrogen and oxygen atoms in total. The van der Waals surface area contributed by atoms with Gasteiger partial charge >= 0.3 is 0 Å². The van der Waals surface area contributed by atoms with Gasteiger partial charge in [-0.05, 0) is 12.8 Å². The summed E-state index contributed by atoms with van der Waals surface area (Å²) in [5.74, 6) is 0. The van der Waals surface area contributed by atoms with Gasteiger partial charge in [-0.1, -0.05) is 25.3 Å². The minimum atomic E-state index is -3.07. The molecule has 0 amide bonds. The first-order chi connectivity index (χ1) is 6.17. The fraction of sp³-hybridized carbons (Fsp3) is 0.778. The molecule has 1 aliphatic rings. The lowest BCUT2D eigenvalue weighted by atomic mass is 10.0. The third kappa shape index (κ3) is 3.12. The van der Waals surface area contributed by atoms with Gasteiger partial charge in [0.25, 0.3) is 0 Å². The van der Waals surface area contributed by atoms with E-state index in [9.17, 15) is 8.42 Å². The lowest BCUT2D eigenvalue weighted by molar-refractivity contribution is 0.479. The molecular formula is C9H17NO2S. The topological polar surface area (TPSA) is 46.2 Å². The standard InChI is InChI=1S/C9H17NO2S/c1-2-8-10-13(11,12)9-6-4-3-5-7-9/h2,9-10H,1,3-8H2. The van der Waals surface area contributed by atoms with Crippen LogP contribution in [0.4, 0.5) is 0 Å². The molecule has 0 atom stereocenters. The summed E-state index contributed by atoms with van der Waals surface area (Å²) < 4.78 is 25.7. The van der Waals surface area contributed by atoms with Crippen molar-refractivity contribution in [2.45, 2.75) is 37.4 Å². The summed E-state index contributed by atoms with van der Waals surface area (Å²) in [4.78, 5) is 0. The molecule has 13 heavy (non-hydrogen) atoms. The SMILES string of the molecule is C=CCNS(=O)(=O)C1CCCCC1. The van der Waals surface area contributed by atoms with E-state index >= 15 is 0 Å². The normalized spacial score (nSPS) is 20.0. The predicted octanol–water partition coefficient (Wildman–Crippen LogP) is 1.42. The molecule has 76 valence electrons. The number of hydrogen-bond acceptors (Lipinski definition) is 2. The van der Waals surface area contributed by atoms with Gasteiger partial charge in [-0.25, -0.2) is 13.1 Å². The second kappa shape index (κ2) is 4.77. The van der Waals surface area contributed by atoms with E-state index in [-0.39, 0.29) is 5.25 Å². The fourth-order valence-corrected chi connectivity index (χ4v) is 3.21. The largest absolute Gasteiger partial charge is 0.214 e. The van der Waals surface area contributed by atoms with Gasteiger partial charge in [-0.2, -0.15) is 0 Å². The van der Waals surface area contributed by atoms with Crippen molar-refractivity contribution in [3.05, 3.63) is 12.7 Å². The Labute approximate surface area is 80.3 Å². The van der Waals surface area contributed by atoms with Crippen molar-refractivity contribution in [2.75, 3.05) is 6.54 Å². The quantitative estimate of drug-likeness (QED) is 0.702. The molecule has 0 unspecified atom stereocenters. The Bertz CT molecular complexity index is 253. The summed E-state index contributed by atoms with van der Waals surface area (Å²) in [6.45, 7) is 3.83. The Hall–Kier alpha value is -0.350. The van der Waals surface area contributed by atoms with Gasteiger partial charge in [0.05, 0.1) is 5.25 Å². The van der Waals surface area contributed by atoms with Crippen LogP contribution in [0.2, 0.25) is 0 Å². The Morgan fingerprint density at radius 2 is 1.92 bits per heavy atom. The zero-order chi connectivity index (χ0) is 9.73. The zero-order valence-electron chi connectivity index (χ0n) is 7.83. The summed E-state index contributed by atoms with van der Waals surface area (Å²) in [6, 6.07) is 0. The van der Waals surface area contributed by atoms with Crippen LogP contribution in [0, 0.1) is 0 Å². The Kier molecular flexibility index (Phi) is 3.93. The maximum atomic E-state index is 11.6. The van der Waals surface area contributed by atoms with Crippen LogP contribution in [0.25, 0.3) is 0 Å². The molecular weight excluding hydrogens is 186 g/mol. The van der Waals surface area contributed by atoms with Crippen LogP contribution in [0.15, 0.2) is 12.7 Å². The van der Waals surface area contributed by atoms with E-state index in [1.807, 2.05) is 0 Å². The number of rotatable bonds is 4. The van der Waals surface area contributed by atoms with Crippen molar-refractivity contribution in [3.63, 3.8) is 0 Å². The average Bonchev–Trinajstić information content (AvgIpc) is 2.16. The van der Waals surface area contributed by atoms with E-state index in [2.05, 4.69) is 11.3 Å². The number of sulfonamides is 1. The van der Waals surface area contributed by atoms with Crippen LogP contribution in [-0.4, -0.2) is 20.2 Å². The molecule has 0 spiro atoms. The molecule has 0 saturated heterocycles. The maximum absolute atomic E-state index is 11.6. The molecule has 1 rings (SSSR count). The van der Waals surface area contributed by atoms with Crippen molar-refractivity contribution in [1.29, 1.82) is 0 Å². The molecule has 1 N–H and O–H groups in total. The van der Waals surface area contributed by atoms with Crippen LogP contribution in [0.1, 0.15) is 32.1 Å². The van der Waals surface area contributed by atoms with E-state index in [1.54, 1.807) is 6.08 Å². The van der Waals surface area contributed by atoms with Crippen molar-refractivity contribution >= 4 is 10.0 Å². The van der Waals surface area contributed by atoms with Gasteiger partial charge in [0.1, 0.15) is 0 Å². The second-order valence-corrected chi connectivity index (χ2v) is 5.49. The summed E-state index contributed by atoms with van der Waals surface area (Å²) in [5, 5.41) is -0.166. The molecule has 0 aromatic heterocycles. The highest BCUT2D eigenvalue weighted by Crippen LogP contribution is 2.22. The van der Waals surface area contributed by atoms with Gasteiger partial charge in [-0.15, -0.1) is 6.58 Å². The molecule has 0 heterocycles. The molecule has 1 aliphatic carbocycles. The lowest BCUT2D eigenvalue weighted by Gasteiger charge is -2.21. The lowest BCUT2D eigenvalue weighted by Crippen LogP contribution is -2.35. The predicted molar refractivity (Wildman–Crippen MR) is 54.0 cm³/mol. The van der Waals surface area contributed by atoms with Gasteiger partial charge < -0.3 is 0 Å². The van der Waals surface area contributed by atoms with Crippen molar-refractivity contribution in [1.82, 2.24) is 4.72 Å². The molecule has 0 bridgehead atoms. The molecule has 0 aliphatic heterocycles. The van der Waals surface area contributed by atoms with Crippen molar-refractivity contribution in [2.24, 2.45) is 0 Å². The highest BCUT2D eigenvalue weighted by Gasteiger charge is 2.25. The van der Waals surface area contributed by atoms with Crippen molar-refractivity contribution < 1.29 is 8.42 Å². The number of nitrogens with one attached hydrogen (secondary N) is 1. The first-order valence-electron chi connectivity index (χ1n) is 4.76. The van der Waals surface area contributed by atoms with Crippen LogP contribution in [0.5, 0.6) is 0 Å². The molecule has 1 fully saturated rings. The Morgan fingerprint density at radius 1 is 1.31 bits per heavy atom. The zero-order valence-corrected chi connectivity index (χ0v) is 8.65. The maximum Gasteiger partial charge on any atom is 0.214 e. The van der Waals surface area contributed by atoms with E-state index in [0.29, 0.717) is 6.54 Å². The van der Waals surface area contributed by atoms with Crippen LogP contribution in [0.3, 0.4) is 0 Å². The average molecular weight is 203 g/mol. The van der Waals surface area contributed by atoms with Gasteiger partial charge in [0.2, 0.25) is 10.0 Å². The summed E-state index contributed by atoms with van der Waals surface area (Å²) in [7, 11) is -3.07. The molecule has 1 saturated carbocycles. The third-order valence-corrected chi connectivity index (χ3v) is 4.34. The molecule has 4 heteroatoms. The van der Waals surface area contributed by atoms with E-state index in [0.717, 1.165) is 25.7 Å². The minimum absolute atomic E-state index is 0.166. The first kappa shape index (κ1) is 10.7. The minimum Gasteiger partial charge on any atom is -0.212 e. The van der Waals surface area contributed by atoms with E-state index < -0.39 is 10.0 Å². The third-order valence-electron chi connectivity index (χ3n) is 2.42. The molecule has 0 aromatic carbocycles. The first-order valence-corrected chi connectivity index (χ1v) is 6.31. The fourth-order valence-electron chi connectivity index (χ4n) is 1.67. The second-order valence-electron chi connectivity index (χ2n) is 3.44. The van der Waals surface area contributed by atoms with Gasteiger partial charge in [0.15, 0.2) is 0 Å². The summed E-state index contributed by atoms with van der Waals surface area (Å²) >= 11 is 0. The van der Waals surface area contributed by atoms with Crippen LogP contribution >= 0.6 is 0 Å². The Morgan fingerprint density at radius 3 is 2.46 bits per heavy atom. The summed E-state index contributed by atoms with van der Waals surface area (Å²) in [6.07, 6.45) is 6.45. The van der Waals surface area contributed by atoms with E-state index in [4.69, 9.17) is 0 Å². The van der Waals surface area contributed by atoms with Crippen LogP contribution in [-0.2, 0) is 10.0 Å². The van der Waals surface area contributed by atoms with Crippen LogP contribution < -0.4 is 4.72 Å². The molecule has 0 radical (unpaired) electrons. The van der Waals surface area contributed by atoms with Crippen molar-refractivity contribution in [3.8, 4) is 0 Å². The Balaban J connectivity index is 2.51. The molecule has 0 aromatic rings. The smallest absolute Gasteiger partial charge is 0.212 e. The van der Waals surface area contributed by atoms with E-state index in [1.165, 1.54) is 6.42 Å². The highest BCUT2D eigenvalue weighted by molar-refractivity contribution is 7.90. The monoisotopic (exact) mass is 203 g/mol.